The Labute approximate surface area is 230 Å². The van der Waals surface area contributed by atoms with Crippen molar-refractivity contribution in [2.45, 2.75) is 52.5 Å². The van der Waals surface area contributed by atoms with E-state index in [0.29, 0.717) is 39.4 Å². The molecule has 0 radical (unpaired) electrons. The molecule has 1 aliphatic carbocycles. The summed E-state index contributed by atoms with van der Waals surface area (Å²) in [6.07, 6.45) is 5.33. The number of rotatable bonds is 6. The molecular weight excluding hydrogens is 522 g/mol. The highest BCUT2D eigenvalue weighted by Crippen LogP contribution is 2.41. The molecule has 8 nitrogen and oxygen atoms in total. The first kappa shape index (κ1) is 26.2. The van der Waals surface area contributed by atoms with E-state index in [4.69, 9.17) is 17.3 Å². The molecule has 0 spiro atoms. The number of benzene rings is 1. The van der Waals surface area contributed by atoms with Crippen LogP contribution in [0.3, 0.4) is 0 Å². The van der Waals surface area contributed by atoms with Gasteiger partial charge in [0.25, 0.3) is 0 Å². The fourth-order valence-corrected chi connectivity index (χ4v) is 6.39. The zero-order chi connectivity index (χ0) is 27.1. The van der Waals surface area contributed by atoms with Crippen molar-refractivity contribution >= 4 is 52.0 Å². The number of carbonyl (C=O) groups excluding carboxylic acids is 1. The molecule has 3 aromatic heterocycles. The number of fused-ring (bicyclic) bond motifs is 1. The molecule has 3 N–H and O–H groups in total. The van der Waals surface area contributed by atoms with Gasteiger partial charge in [-0.15, -0.1) is 11.3 Å². The standard InChI is InChI=1S/C28H30ClN5O3S/c1-15(2)33(27(35)17-6-4-16(3)5-7-17)22-14-23(38-26(22)28(36)37)18-8-9-19(20(29)12-18)21-13-25-31-11-10-24(30)34(25)32-21/h8-17H,4-7,30H2,1-3H3,(H,36,37). The third-order valence-corrected chi connectivity index (χ3v) is 8.68. The van der Waals surface area contributed by atoms with Gasteiger partial charge in [0.2, 0.25) is 5.91 Å². The summed E-state index contributed by atoms with van der Waals surface area (Å²) in [5, 5.41) is 15.0. The largest absolute Gasteiger partial charge is 0.477 e. The minimum Gasteiger partial charge on any atom is -0.477 e. The predicted octanol–water partition coefficient (Wildman–Crippen LogP) is 6.63. The molecule has 3 heterocycles. The van der Waals surface area contributed by atoms with E-state index in [9.17, 15) is 14.7 Å². The zero-order valence-corrected chi connectivity index (χ0v) is 23.1. The molecule has 0 saturated heterocycles. The third kappa shape index (κ3) is 4.88. The Morgan fingerprint density at radius 3 is 2.53 bits per heavy atom. The number of hydrogen-bond acceptors (Lipinski definition) is 6. The normalized spacial score (nSPS) is 17.7. The molecule has 1 aromatic carbocycles. The average Bonchev–Trinajstić information content (AvgIpc) is 3.50. The molecule has 1 amide bonds. The smallest absolute Gasteiger partial charge is 0.348 e. The van der Waals surface area contributed by atoms with Crippen molar-refractivity contribution in [3.05, 3.63) is 52.5 Å². The summed E-state index contributed by atoms with van der Waals surface area (Å²) in [4.78, 5) is 32.7. The van der Waals surface area contributed by atoms with Crippen LogP contribution in [0, 0.1) is 11.8 Å². The van der Waals surface area contributed by atoms with Gasteiger partial charge in [0.1, 0.15) is 10.7 Å². The molecule has 1 saturated carbocycles. The van der Waals surface area contributed by atoms with Crippen LogP contribution in [0.15, 0.2) is 42.6 Å². The monoisotopic (exact) mass is 551 g/mol. The Morgan fingerprint density at radius 2 is 1.89 bits per heavy atom. The first-order valence-electron chi connectivity index (χ1n) is 12.7. The number of hydrogen-bond donors (Lipinski definition) is 2. The van der Waals surface area contributed by atoms with E-state index in [2.05, 4.69) is 17.0 Å². The van der Waals surface area contributed by atoms with Gasteiger partial charge in [-0.25, -0.2) is 9.78 Å². The van der Waals surface area contributed by atoms with Crippen LogP contribution in [-0.4, -0.2) is 37.6 Å². The van der Waals surface area contributed by atoms with Crippen LogP contribution in [0.2, 0.25) is 5.02 Å². The Hall–Kier alpha value is -3.43. The van der Waals surface area contributed by atoms with Gasteiger partial charge in [0, 0.05) is 34.7 Å². The number of anilines is 2. The lowest BCUT2D eigenvalue weighted by Gasteiger charge is -2.33. The fourth-order valence-electron chi connectivity index (χ4n) is 5.13. The lowest BCUT2D eigenvalue weighted by molar-refractivity contribution is -0.123. The highest BCUT2D eigenvalue weighted by Gasteiger charge is 2.33. The van der Waals surface area contributed by atoms with Crippen LogP contribution in [0.1, 0.15) is 56.1 Å². The van der Waals surface area contributed by atoms with E-state index in [1.807, 2.05) is 26.0 Å². The second-order valence-electron chi connectivity index (χ2n) is 10.3. The van der Waals surface area contributed by atoms with Crippen LogP contribution < -0.4 is 10.6 Å². The quantitative estimate of drug-likeness (QED) is 0.278. The summed E-state index contributed by atoms with van der Waals surface area (Å²) in [7, 11) is 0. The number of aromatic nitrogens is 3. The average molecular weight is 552 g/mol. The molecule has 4 aromatic rings. The molecule has 1 aliphatic rings. The topological polar surface area (TPSA) is 114 Å². The molecule has 0 aliphatic heterocycles. The Kier molecular flexibility index (Phi) is 7.15. The van der Waals surface area contributed by atoms with Crippen LogP contribution in [0.25, 0.3) is 27.3 Å². The SMILES string of the molecule is CC1CCC(C(=O)N(c2cc(-c3ccc(-c4cc5nccc(N)n5n4)c(Cl)c3)sc2C(=O)O)C(C)C)CC1. The van der Waals surface area contributed by atoms with Crippen LogP contribution in [-0.2, 0) is 4.79 Å². The Balaban J connectivity index is 1.50. The maximum Gasteiger partial charge on any atom is 0.348 e. The van der Waals surface area contributed by atoms with Crippen molar-refractivity contribution in [1.29, 1.82) is 0 Å². The molecular formula is C28H30ClN5O3S. The van der Waals surface area contributed by atoms with Gasteiger partial charge in [-0.1, -0.05) is 30.7 Å². The van der Waals surface area contributed by atoms with Crippen LogP contribution in [0.5, 0.6) is 0 Å². The van der Waals surface area contributed by atoms with Crippen molar-refractivity contribution in [1.82, 2.24) is 14.6 Å². The van der Waals surface area contributed by atoms with E-state index in [1.165, 1.54) is 0 Å². The van der Waals surface area contributed by atoms with E-state index >= 15 is 0 Å². The van der Waals surface area contributed by atoms with Crippen LogP contribution in [0.4, 0.5) is 11.5 Å². The number of halogens is 1. The number of nitrogen functional groups attached to an aromatic ring is 1. The second-order valence-corrected chi connectivity index (χ2v) is 11.7. The second kappa shape index (κ2) is 10.4. The summed E-state index contributed by atoms with van der Waals surface area (Å²) in [6, 6.07) is 10.6. The maximum absolute atomic E-state index is 13.6. The van der Waals surface area contributed by atoms with Gasteiger partial charge < -0.3 is 15.7 Å². The number of thiophene rings is 1. The summed E-state index contributed by atoms with van der Waals surface area (Å²) in [5.74, 6) is -0.0401. The highest BCUT2D eigenvalue weighted by molar-refractivity contribution is 7.18. The van der Waals surface area contributed by atoms with E-state index < -0.39 is 5.97 Å². The number of aromatic carboxylic acids is 1. The number of carbonyl (C=O) groups is 2. The Morgan fingerprint density at radius 1 is 1.16 bits per heavy atom. The summed E-state index contributed by atoms with van der Waals surface area (Å²) in [5.41, 5.74) is 9.16. The van der Waals surface area contributed by atoms with E-state index in [0.717, 1.165) is 47.5 Å². The predicted molar refractivity (Wildman–Crippen MR) is 152 cm³/mol. The van der Waals surface area contributed by atoms with Gasteiger partial charge in [-0.3, -0.25) is 4.79 Å². The molecule has 1 fully saturated rings. The van der Waals surface area contributed by atoms with Crippen LogP contribution >= 0.6 is 22.9 Å². The van der Waals surface area contributed by atoms with Gasteiger partial charge in [-0.2, -0.15) is 9.61 Å². The molecule has 198 valence electrons. The van der Waals surface area contributed by atoms with Crippen molar-refractivity contribution in [2.75, 3.05) is 10.6 Å². The minimum atomic E-state index is -1.05. The highest BCUT2D eigenvalue weighted by atomic mass is 35.5. The lowest BCUT2D eigenvalue weighted by atomic mass is 9.82. The maximum atomic E-state index is 13.6. The first-order chi connectivity index (χ1) is 18.1. The van der Waals surface area contributed by atoms with Crippen molar-refractivity contribution in [3.63, 3.8) is 0 Å². The lowest BCUT2D eigenvalue weighted by Crippen LogP contribution is -2.42. The number of carboxylic acids is 1. The van der Waals surface area contributed by atoms with Gasteiger partial charge in [-0.05, 0) is 69.2 Å². The zero-order valence-electron chi connectivity index (χ0n) is 21.5. The third-order valence-electron chi connectivity index (χ3n) is 7.20. The Bertz CT molecular complexity index is 1520. The number of amides is 1. The van der Waals surface area contributed by atoms with Gasteiger partial charge in [0.15, 0.2) is 5.65 Å². The van der Waals surface area contributed by atoms with Crippen molar-refractivity contribution in [3.8, 4) is 21.7 Å². The molecule has 0 atom stereocenters. The first-order valence-corrected chi connectivity index (χ1v) is 13.9. The number of carboxylic acid groups (broad SMARTS) is 1. The van der Waals surface area contributed by atoms with Crippen molar-refractivity contribution < 1.29 is 14.7 Å². The molecule has 0 bridgehead atoms. The molecule has 5 rings (SSSR count). The molecule has 10 heteroatoms. The van der Waals surface area contributed by atoms with Crippen molar-refractivity contribution in [2.24, 2.45) is 11.8 Å². The van der Waals surface area contributed by atoms with E-state index in [-0.39, 0.29) is 22.7 Å². The van der Waals surface area contributed by atoms with Gasteiger partial charge in [0.05, 0.1) is 16.4 Å². The number of nitrogens with two attached hydrogens (primary N) is 1. The molecule has 38 heavy (non-hydrogen) atoms. The number of nitrogens with zero attached hydrogens (tertiary/aromatic N) is 4. The molecule has 0 unspecified atom stereocenters. The summed E-state index contributed by atoms with van der Waals surface area (Å²) in [6.45, 7) is 6.06. The van der Waals surface area contributed by atoms with E-state index in [1.54, 1.807) is 39.9 Å². The minimum absolute atomic E-state index is 0.00635. The van der Waals surface area contributed by atoms with Gasteiger partial charge >= 0.3 is 5.97 Å². The fraction of sp³-hybridized carbons (Fsp3) is 0.357. The summed E-state index contributed by atoms with van der Waals surface area (Å²) >= 11 is 7.84. The summed E-state index contributed by atoms with van der Waals surface area (Å²) < 4.78 is 1.55.